The van der Waals surface area contributed by atoms with Crippen LogP contribution in [0.5, 0.6) is 0 Å². The molecule has 0 aliphatic rings. The molecule has 36 heavy (non-hydrogen) atoms. The smallest absolute Gasteiger partial charge is 0.408 e. The highest BCUT2D eigenvalue weighted by molar-refractivity contribution is 5.92. The molecule has 4 amide bonds. The number of carbonyl (C=O) groups excluding carboxylic acids is 4. The summed E-state index contributed by atoms with van der Waals surface area (Å²) in [6, 6.07) is 3.60. The SMILES string of the molecule is C=CCN(C(=O)C(CCC(N)=O)NC(=O)OC(C)(C)C)C(C(=O)NCCCC)c1cc(C)cc(C)c1. The lowest BCUT2D eigenvalue weighted by Crippen LogP contribution is -2.53. The number of hydrogen-bond donors (Lipinski definition) is 3. The maximum atomic E-state index is 13.8. The number of nitrogens with two attached hydrogens (primary N) is 1. The second-order valence-corrected chi connectivity index (χ2v) is 9.95. The summed E-state index contributed by atoms with van der Waals surface area (Å²) in [4.78, 5) is 52.7. The van der Waals surface area contributed by atoms with Gasteiger partial charge in [0.15, 0.2) is 0 Å². The molecule has 0 saturated heterocycles. The average molecular weight is 503 g/mol. The molecular weight excluding hydrogens is 460 g/mol. The molecule has 0 fully saturated rings. The maximum Gasteiger partial charge on any atom is 0.408 e. The van der Waals surface area contributed by atoms with Crippen LogP contribution in [0.3, 0.4) is 0 Å². The molecule has 4 N–H and O–H groups in total. The van der Waals surface area contributed by atoms with Gasteiger partial charge in [-0.15, -0.1) is 6.58 Å². The Balaban J connectivity index is 3.46. The van der Waals surface area contributed by atoms with Crippen molar-refractivity contribution in [3.63, 3.8) is 0 Å². The Morgan fingerprint density at radius 3 is 2.25 bits per heavy atom. The Hall–Kier alpha value is -3.36. The Morgan fingerprint density at radius 2 is 1.75 bits per heavy atom. The zero-order chi connectivity index (χ0) is 27.5. The van der Waals surface area contributed by atoms with Crippen LogP contribution in [0, 0.1) is 13.8 Å². The molecule has 0 aliphatic heterocycles. The number of nitrogens with one attached hydrogen (secondary N) is 2. The van der Waals surface area contributed by atoms with Gasteiger partial charge in [-0.2, -0.15) is 0 Å². The van der Waals surface area contributed by atoms with Crippen LogP contribution in [-0.4, -0.2) is 53.4 Å². The summed E-state index contributed by atoms with van der Waals surface area (Å²) in [5.74, 6) is -1.50. The highest BCUT2D eigenvalue weighted by atomic mass is 16.6. The van der Waals surface area contributed by atoms with E-state index in [0.717, 1.165) is 24.0 Å². The van der Waals surface area contributed by atoms with Crippen molar-refractivity contribution in [1.82, 2.24) is 15.5 Å². The lowest BCUT2D eigenvalue weighted by Gasteiger charge is -2.34. The number of carbonyl (C=O) groups is 4. The number of hydrogen-bond acceptors (Lipinski definition) is 5. The molecule has 0 spiro atoms. The summed E-state index contributed by atoms with van der Waals surface area (Å²) in [6.07, 6.45) is 2.23. The van der Waals surface area contributed by atoms with E-state index in [-0.39, 0.29) is 25.3 Å². The molecule has 0 saturated carbocycles. The van der Waals surface area contributed by atoms with Crippen LogP contribution in [0.15, 0.2) is 30.9 Å². The third-order valence-electron chi connectivity index (χ3n) is 5.23. The van der Waals surface area contributed by atoms with Gasteiger partial charge >= 0.3 is 6.09 Å². The molecule has 1 rings (SSSR count). The summed E-state index contributed by atoms with van der Waals surface area (Å²) in [7, 11) is 0. The molecule has 0 aliphatic carbocycles. The molecule has 2 atom stereocenters. The number of ether oxygens (including phenoxy) is 1. The first-order valence-electron chi connectivity index (χ1n) is 12.3. The van der Waals surface area contributed by atoms with Gasteiger partial charge in [0.05, 0.1) is 0 Å². The average Bonchev–Trinajstić information content (AvgIpc) is 2.74. The summed E-state index contributed by atoms with van der Waals surface area (Å²) < 4.78 is 5.32. The number of nitrogens with zero attached hydrogens (tertiary/aromatic N) is 1. The number of unbranched alkanes of at least 4 members (excludes halogenated alkanes) is 1. The summed E-state index contributed by atoms with van der Waals surface area (Å²) in [6.45, 7) is 15.2. The Bertz CT molecular complexity index is 918. The monoisotopic (exact) mass is 502 g/mol. The summed E-state index contributed by atoms with van der Waals surface area (Å²) in [5.41, 5.74) is 7.06. The number of benzene rings is 1. The highest BCUT2D eigenvalue weighted by Gasteiger charge is 2.36. The van der Waals surface area contributed by atoms with Crippen molar-refractivity contribution >= 4 is 23.8 Å². The first-order valence-corrected chi connectivity index (χ1v) is 12.3. The topological polar surface area (TPSA) is 131 Å². The zero-order valence-corrected chi connectivity index (χ0v) is 22.5. The number of aryl methyl sites for hydroxylation is 2. The summed E-state index contributed by atoms with van der Waals surface area (Å²) >= 11 is 0. The minimum atomic E-state index is -1.14. The fraction of sp³-hybridized carbons (Fsp3) is 0.556. The van der Waals surface area contributed by atoms with Crippen molar-refractivity contribution in [2.75, 3.05) is 13.1 Å². The molecule has 200 valence electrons. The molecule has 9 heteroatoms. The van der Waals surface area contributed by atoms with Gasteiger partial charge in [0.25, 0.3) is 0 Å². The van der Waals surface area contributed by atoms with E-state index in [1.165, 1.54) is 11.0 Å². The van der Waals surface area contributed by atoms with E-state index in [1.807, 2.05) is 39.0 Å². The minimum Gasteiger partial charge on any atom is -0.444 e. The first kappa shape index (κ1) is 30.7. The van der Waals surface area contributed by atoms with Gasteiger partial charge < -0.3 is 26.0 Å². The van der Waals surface area contributed by atoms with Gasteiger partial charge in [0, 0.05) is 19.5 Å². The van der Waals surface area contributed by atoms with Gasteiger partial charge in [-0.3, -0.25) is 14.4 Å². The number of alkyl carbamates (subject to hydrolysis) is 1. The van der Waals surface area contributed by atoms with Crippen LogP contribution < -0.4 is 16.4 Å². The van der Waals surface area contributed by atoms with E-state index in [4.69, 9.17) is 10.5 Å². The van der Waals surface area contributed by atoms with Gasteiger partial charge in [-0.25, -0.2) is 4.79 Å². The van der Waals surface area contributed by atoms with Crippen LogP contribution in [0.2, 0.25) is 0 Å². The van der Waals surface area contributed by atoms with Crippen molar-refractivity contribution < 1.29 is 23.9 Å². The van der Waals surface area contributed by atoms with Crippen LogP contribution in [-0.2, 0) is 19.1 Å². The Labute approximate surface area is 214 Å². The van der Waals surface area contributed by atoms with Gasteiger partial charge in [0.1, 0.15) is 17.7 Å². The maximum absolute atomic E-state index is 13.8. The zero-order valence-electron chi connectivity index (χ0n) is 22.5. The number of rotatable bonds is 13. The molecule has 0 heterocycles. The molecule has 1 aromatic rings. The van der Waals surface area contributed by atoms with Crippen LogP contribution >= 0.6 is 0 Å². The third-order valence-corrected chi connectivity index (χ3v) is 5.23. The standard InChI is InChI=1S/C27H42N4O5/c1-8-10-13-29-24(33)23(20-16-18(3)15-19(4)17-20)31(14-9-2)25(34)21(11-12-22(28)32)30-26(35)36-27(5,6)7/h9,15-17,21,23H,2,8,10-14H2,1,3-7H3,(H2,28,32)(H,29,33)(H,30,35). The van der Waals surface area contributed by atoms with Crippen molar-refractivity contribution in [2.45, 2.75) is 84.9 Å². The molecule has 1 aromatic carbocycles. The molecule has 0 radical (unpaired) electrons. The fourth-order valence-corrected chi connectivity index (χ4v) is 3.78. The largest absolute Gasteiger partial charge is 0.444 e. The van der Waals surface area contributed by atoms with E-state index in [1.54, 1.807) is 20.8 Å². The third kappa shape index (κ3) is 10.5. The lowest BCUT2D eigenvalue weighted by atomic mass is 9.98. The second-order valence-electron chi connectivity index (χ2n) is 9.95. The summed E-state index contributed by atoms with van der Waals surface area (Å²) in [5, 5.41) is 5.48. The minimum absolute atomic E-state index is 0.0424. The second kappa shape index (κ2) is 14.3. The van der Waals surface area contributed by atoms with Crippen LogP contribution in [0.4, 0.5) is 4.79 Å². The van der Waals surface area contributed by atoms with Gasteiger partial charge in [0.2, 0.25) is 17.7 Å². The van der Waals surface area contributed by atoms with Crippen molar-refractivity contribution in [2.24, 2.45) is 5.73 Å². The Kier molecular flexibility index (Phi) is 12.1. The molecule has 9 nitrogen and oxygen atoms in total. The number of primary amides is 1. The van der Waals surface area contributed by atoms with E-state index in [9.17, 15) is 19.2 Å². The van der Waals surface area contributed by atoms with Gasteiger partial charge in [-0.1, -0.05) is 48.7 Å². The van der Waals surface area contributed by atoms with E-state index < -0.39 is 35.6 Å². The normalized spacial score (nSPS) is 12.7. The highest BCUT2D eigenvalue weighted by Crippen LogP contribution is 2.25. The molecular formula is C27H42N4O5. The predicted molar refractivity (Wildman–Crippen MR) is 140 cm³/mol. The van der Waals surface area contributed by atoms with Crippen molar-refractivity contribution in [1.29, 1.82) is 0 Å². The van der Waals surface area contributed by atoms with Crippen molar-refractivity contribution in [3.8, 4) is 0 Å². The van der Waals surface area contributed by atoms with E-state index >= 15 is 0 Å². The molecule has 0 bridgehead atoms. The lowest BCUT2D eigenvalue weighted by molar-refractivity contribution is -0.142. The number of amides is 4. The first-order chi connectivity index (χ1) is 16.8. The van der Waals surface area contributed by atoms with E-state index in [0.29, 0.717) is 12.1 Å². The van der Waals surface area contributed by atoms with Crippen LogP contribution in [0.25, 0.3) is 0 Å². The Morgan fingerprint density at radius 1 is 1.14 bits per heavy atom. The van der Waals surface area contributed by atoms with Crippen LogP contribution in [0.1, 0.15) is 76.1 Å². The molecule has 2 unspecified atom stereocenters. The van der Waals surface area contributed by atoms with Crippen molar-refractivity contribution in [3.05, 3.63) is 47.5 Å². The molecule has 0 aromatic heterocycles. The predicted octanol–water partition coefficient (Wildman–Crippen LogP) is 3.43. The quantitative estimate of drug-likeness (QED) is 0.281. The van der Waals surface area contributed by atoms with Gasteiger partial charge in [-0.05, 0) is 53.0 Å². The van der Waals surface area contributed by atoms with E-state index in [2.05, 4.69) is 17.2 Å². The fourth-order valence-electron chi connectivity index (χ4n) is 3.78.